The molecule has 6 amide bonds. The lowest BCUT2D eigenvalue weighted by Crippen LogP contribution is -2.59. The second-order valence-electron chi connectivity index (χ2n) is 15.5. The first-order valence-corrected chi connectivity index (χ1v) is 18.6. The van der Waals surface area contributed by atoms with Gasteiger partial charge in [0.15, 0.2) is 0 Å². The van der Waals surface area contributed by atoms with Gasteiger partial charge in [-0.15, -0.1) is 0 Å². The van der Waals surface area contributed by atoms with Gasteiger partial charge in [0, 0.05) is 32.7 Å². The molecule has 0 saturated carbocycles. The smallest absolute Gasteiger partial charge is 0.417 e. The average Bonchev–Trinajstić information content (AvgIpc) is 3.47. The number of aliphatic hydroxyl groups is 2. The number of ether oxygens (including phenoxy) is 1. The van der Waals surface area contributed by atoms with Crippen LogP contribution in [0.4, 0.5) is 14.4 Å². The van der Waals surface area contributed by atoms with Crippen molar-refractivity contribution in [3.63, 3.8) is 0 Å². The Labute approximate surface area is 314 Å². The third kappa shape index (κ3) is 13.3. The number of nitrogens with one attached hydrogen (secondary N) is 2. The number of methoxy groups -OCH3 is 1. The van der Waals surface area contributed by atoms with E-state index in [1.165, 1.54) is 7.11 Å². The summed E-state index contributed by atoms with van der Waals surface area (Å²) < 4.78 is 4.90. The summed E-state index contributed by atoms with van der Waals surface area (Å²) in [6.45, 7) is 14.9. The van der Waals surface area contributed by atoms with Crippen LogP contribution in [0.3, 0.4) is 0 Å². The molecule has 4 atom stereocenters. The molecule has 2 aromatic rings. The molecular weight excluding hydrogens is 678 g/mol. The van der Waals surface area contributed by atoms with Crippen molar-refractivity contribution in [1.29, 1.82) is 0 Å². The number of carbonyl (C=O) groups excluding carboxylic acids is 4. The molecule has 1 aromatic heterocycles. The van der Waals surface area contributed by atoms with E-state index in [0.29, 0.717) is 43.9 Å². The molecule has 1 aliphatic rings. The normalized spacial score (nSPS) is 15.7. The van der Waals surface area contributed by atoms with E-state index in [-0.39, 0.29) is 56.4 Å². The Morgan fingerprint density at radius 1 is 1.02 bits per heavy atom. The van der Waals surface area contributed by atoms with E-state index >= 15 is 0 Å². The standard InChI is InChI=1S/C39H61N7O7/c1-9-28(4)34(45-21-20-43(37(45)51)23-30-16-13-17-31(25-47)40-30)35(49)41-32(22-29-14-11-10-12-15-29)33(48)24-44(19-18-27(2)3)42-36(50)46(38(52)53-8)26-39(5,6)7/h10-17,27-28,32-34,47-48H,9,18-26H2,1-8H3,(H,41,49)(H,42,50). The number of amides is 6. The Kier molecular flexibility index (Phi) is 16.5. The number of nitrogens with zero attached hydrogens (tertiary/aromatic N) is 5. The van der Waals surface area contributed by atoms with Crippen molar-refractivity contribution in [2.45, 2.75) is 99.1 Å². The molecule has 2 heterocycles. The van der Waals surface area contributed by atoms with Gasteiger partial charge in [-0.2, -0.15) is 0 Å². The lowest BCUT2D eigenvalue weighted by atomic mass is 9.95. The van der Waals surface area contributed by atoms with E-state index in [4.69, 9.17) is 4.74 Å². The fraction of sp³-hybridized carbons (Fsp3) is 0.615. The lowest BCUT2D eigenvalue weighted by Gasteiger charge is -2.35. The first-order valence-electron chi connectivity index (χ1n) is 18.6. The number of benzene rings is 1. The fourth-order valence-corrected chi connectivity index (χ4v) is 6.22. The first kappa shape index (κ1) is 43.1. The molecule has 14 heteroatoms. The maximum absolute atomic E-state index is 14.3. The topological polar surface area (TPSA) is 168 Å². The molecule has 1 aromatic carbocycles. The minimum Gasteiger partial charge on any atom is -0.452 e. The summed E-state index contributed by atoms with van der Waals surface area (Å²) in [5.41, 5.74) is 4.46. The van der Waals surface area contributed by atoms with E-state index in [1.807, 2.05) is 78.8 Å². The Bertz CT molecular complexity index is 1490. The predicted octanol–water partition coefficient (Wildman–Crippen LogP) is 4.40. The van der Waals surface area contributed by atoms with Gasteiger partial charge in [0.05, 0.1) is 43.8 Å². The van der Waals surface area contributed by atoms with Crippen LogP contribution in [0, 0.1) is 17.3 Å². The molecule has 1 aliphatic heterocycles. The van der Waals surface area contributed by atoms with E-state index < -0.39 is 35.7 Å². The summed E-state index contributed by atoms with van der Waals surface area (Å²) in [6, 6.07) is 12.2. The Balaban J connectivity index is 1.86. The summed E-state index contributed by atoms with van der Waals surface area (Å²) in [6.07, 6.45) is -0.346. The van der Waals surface area contributed by atoms with Gasteiger partial charge in [-0.25, -0.2) is 24.3 Å². The molecule has 294 valence electrons. The molecule has 1 saturated heterocycles. The molecule has 0 bridgehead atoms. The highest BCUT2D eigenvalue weighted by molar-refractivity contribution is 5.90. The second kappa shape index (κ2) is 20.3. The van der Waals surface area contributed by atoms with Crippen molar-refractivity contribution < 1.29 is 34.1 Å². The number of hydrogen-bond donors (Lipinski definition) is 4. The van der Waals surface area contributed by atoms with Gasteiger partial charge in [0.25, 0.3) is 0 Å². The third-order valence-electron chi connectivity index (χ3n) is 9.29. The van der Waals surface area contributed by atoms with Gasteiger partial charge in [0.2, 0.25) is 5.91 Å². The molecule has 14 nitrogen and oxygen atoms in total. The molecule has 53 heavy (non-hydrogen) atoms. The highest BCUT2D eigenvalue weighted by Crippen LogP contribution is 2.23. The minimum absolute atomic E-state index is 0.0505. The molecule has 3 rings (SSSR count). The Morgan fingerprint density at radius 2 is 1.70 bits per heavy atom. The van der Waals surface area contributed by atoms with Gasteiger partial charge in [0.1, 0.15) is 6.04 Å². The maximum atomic E-state index is 14.3. The fourth-order valence-electron chi connectivity index (χ4n) is 6.22. The highest BCUT2D eigenvalue weighted by atomic mass is 16.5. The zero-order valence-corrected chi connectivity index (χ0v) is 32.7. The number of hydrazine groups is 1. The molecular formula is C39H61N7O7. The van der Waals surface area contributed by atoms with Crippen molar-refractivity contribution in [3.05, 3.63) is 65.5 Å². The summed E-state index contributed by atoms with van der Waals surface area (Å²) in [7, 11) is 1.22. The number of aromatic nitrogens is 1. The number of urea groups is 2. The van der Waals surface area contributed by atoms with E-state index in [9.17, 15) is 29.4 Å². The lowest BCUT2D eigenvalue weighted by molar-refractivity contribution is -0.128. The van der Waals surface area contributed by atoms with Crippen LogP contribution in [0.2, 0.25) is 0 Å². The number of pyridine rings is 1. The molecule has 4 unspecified atom stereocenters. The zero-order valence-electron chi connectivity index (χ0n) is 32.7. The van der Waals surface area contributed by atoms with Gasteiger partial charge in [-0.1, -0.05) is 91.3 Å². The van der Waals surface area contributed by atoms with Crippen molar-refractivity contribution in [1.82, 2.24) is 35.4 Å². The first-order chi connectivity index (χ1) is 25.1. The third-order valence-corrected chi connectivity index (χ3v) is 9.29. The van der Waals surface area contributed by atoms with Crippen molar-refractivity contribution in [2.24, 2.45) is 17.3 Å². The van der Waals surface area contributed by atoms with Crippen molar-refractivity contribution in [3.8, 4) is 0 Å². The number of aliphatic hydroxyl groups excluding tert-OH is 2. The molecule has 0 aliphatic carbocycles. The summed E-state index contributed by atoms with van der Waals surface area (Å²) >= 11 is 0. The van der Waals surface area contributed by atoms with Crippen LogP contribution in [0.5, 0.6) is 0 Å². The van der Waals surface area contributed by atoms with Crippen LogP contribution in [0.1, 0.15) is 78.3 Å². The van der Waals surface area contributed by atoms with Gasteiger partial charge < -0.3 is 30.1 Å². The van der Waals surface area contributed by atoms with E-state index in [2.05, 4.69) is 15.7 Å². The van der Waals surface area contributed by atoms with E-state index in [0.717, 1.165) is 10.5 Å². The van der Waals surface area contributed by atoms with Crippen LogP contribution in [0.15, 0.2) is 48.5 Å². The van der Waals surface area contributed by atoms with Crippen LogP contribution in [0.25, 0.3) is 0 Å². The maximum Gasteiger partial charge on any atom is 0.417 e. The Hall–Kier alpha value is -4.27. The van der Waals surface area contributed by atoms with Crippen LogP contribution >= 0.6 is 0 Å². The van der Waals surface area contributed by atoms with Gasteiger partial charge >= 0.3 is 18.2 Å². The number of carbonyl (C=O) groups is 4. The molecule has 0 spiro atoms. The summed E-state index contributed by atoms with van der Waals surface area (Å²) in [5.74, 6) is -0.297. The minimum atomic E-state index is -1.16. The predicted molar refractivity (Wildman–Crippen MR) is 202 cm³/mol. The quantitative estimate of drug-likeness (QED) is 0.162. The van der Waals surface area contributed by atoms with Crippen LogP contribution in [-0.2, 0) is 29.1 Å². The van der Waals surface area contributed by atoms with E-state index in [1.54, 1.807) is 33.0 Å². The zero-order chi connectivity index (χ0) is 39.3. The van der Waals surface area contributed by atoms with Gasteiger partial charge in [-0.3, -0.25) is 15.2 Å². The molecule has 1 fully saturated rings. The summed E-state index contributed by atoms with van der Waals surface area (Å²) in [4.78, 5) is 62.9. The number of imide groups is 1. The van der Waals surface area contributed by atoms with Gasteiger partial charge in [-0.05, 0) is 47.8 Å². The largest absolute Gasteiger partial charge is 0.452 e. The van der Waals surface area contributed by atoms with Crippen molar-refractivity contribution >= 4 is 24.1 Å². The molecule has 4 N–H and O–H groups in total. The van der Waals surface area contributed by atoms with Crippen molar-refractivity contribution in [2.75, 3.05) is 39.8 Å². The Morgan fingerprint density at radius 3 is 2.30 bits per heavy atom. The van der Waals surface area contributed by atoms with Crippen LogP contribution in [-0.4, -0.2) is 117 Å². The summed E-state index contributed by atoms with van der Waals surface area (Å²) in [5, 5.41) is 26.1. The molecule has 0 radical (unpaired) electrons. The highest BCUT2D eigenvalue weighted by Gasteiger charge is 2.41. The van der Waals surface area contributed by atoms with Crippen LogP contribution < -0.4 is 10.7 Å². The average molecular weight is 740 g/mol. The monoisotopic (exact) mass is 739 g/mol. The second-order valence-corrected chi connectivity index (χ2v) is 15.5. The number of rotatable bonds is 18. The number of hydrogen-bond acceptors (Lipinski definition) is 9. The SMILES string of the molecule is CCC(C)C(C(=O)NC(Cc1ccccc1)C(O)CN(CCC(C)C)NC(=O)N(CC(C)(C)C)C(=O)OC)N1CCN(Cc2cccc(CO)n2)C1=O.